The fraction of sp³-hybridized carbons (Fsp3) is 0.344. The van der Waals surface area contributed by atoms with Gasteiger partial charge in [-0.1, -0.05) is 50.6 Å². The number of carboxylic acids is 1. The second-order valence-corrected chi connectivity index (χ2v) is 11.1. The number of hydrogen-bond acceptors (Lipinski definition) is 7. The number of nitrogens with zero attached hydrogens (tertiary/aromatic N) is 1. The van der Waals surface area contributed by atoms with Gasteiger partial charge in [-0.25, -0.2) is 9.78 Å². The second kappa shape index (κ2) is 15.0. The summed E-state index contributed by atoms with van der Waals surface area (Å²) in [5.74, 6) is -3.27. The molecular weight excluding hydrogens is 578 g/mol. The Hall–Kier alpha value is -5.17. The van der Waals surface area contributed by atoms with Crippen molar-refractivity contribution in [3.8, 4) is 5.75 Å². The highest BCUT2D eigenvalue weighted by Gasteiger charge is 2.32. The van der Waals surface area contributed by atoms with Crippen LogP contribution in [0.3, 0.4) is 0 Å². The highest BCUT2D eigenvalue weighted by molar-refractivity contribution is 5.94. The molecule has 238 valence electrons. The van der Waals surface area contributed by atoms with E-state index in [1.54, 1.807) is 18.3 Å². The Kier molecular flexibility index (Phi) is 10.9. The third kappa shape index (κ3) is 8.70. The Morgan fingerprint density at radius 3 is 2.16 bits per heavy atom. The zero-order valence-electron chi connectivity index (χ0n) is 25.1. The number of nitrogens with one attached hydrogen (secondary N) is 5. The standard InChI is InChI=1S/C32H39N7O6/c1-3-18(2)28(33)31(43)38-25(12-19-8-10-22(40)11-9-19)29(41)37-26(14-21-16-34-17-36-21)30(42)39-27(32(44)45)13-20-15-35-24-7-5-4-6-23(20)24/h4-11,15-18,25-28,35,40H,3,12-14,33H2,1-2H3,(H,34,36)(H,37,41)(H,38,43)(H,39,42)(H,44,45). The normalized spacial score (nSPS) is 14.6. The number of phenols is 1. The topological polar surface area (TPSA) is 215 Å². The Morgan fingerprint density at radius 1 is 0.867 bits per heavy atom. The van der Waals surface area contributed by atoms with Crippen LogP contribution in [0.1, 0.15) is 37.1 Å². The number of benzene rings is 2. The molecule has 5 unspecified atom stereocenters. The number of aromatic amines is 2. The Balaban J connectivity index is 1.55. The van der Waals surface area contributed by atoms with Crippen molar-refractivity contribution >= 4 is 34.6 Å². The molecule has 2 aromatic heterocycles. The number of H-pyrrole nitrogens is 2. The van der Waals surface area contributed by atoms with E-state index in [2.05, 4.69) is 30.9 Å². The van der Waals surface area contributed by atoms with E-state index in [9.17, 15) is 29.4 Å². The molecule has 0 aliphatic rings. The maximum absolute atomic E-state index is 13.7. The number of aliphatic carboxylic acids is 1. The minimum atomic E-state index is -1.29. The summed E-state index contributed by atoms with van der Waals surface area (Å²) in [6.45, 7) is 3.74. The summed E-state index contributed by atoms with van der Waals surface area (Å²) >= 11 is 0. The molecule has 0 aliphatic carbocycles. The van der Waals surface area contributed by atoms with Gasteiger partial charge in [-0.15, -0.1) is 0 Å². The van der Waals surface area contributed by atoms with Crippen molar-refractivity contribution in [3.63, 3.8) is 0 Å². The minimum absolute atomic E-state index is 0.00282. The molecule has 0 fully saturated rings. The molecule has 3 amide bonds. The number of carbonyl (C=O) groups is 4. The molecule has 0 aliphatic heterocycles. The first-order valence-corrected chi connectivity index (χ1v) is 14.7. The van der Waals surface area contributed by atoms with Crippen LogP contribution in [0.15, 0.2) is 67.3 Å². The largest absolute Gasteiger partial charge is 0.508 e. The molecule has 5 atom stereocenters. The van der Waals surface area contributed by atoms with E-state index in [0.717, 1.165) is 10.9 Å². The van der Waals surface area contributed by atoms with E-state index >= 15 is 0 Å². The first-order chi connectivity index (χ1) is 21.5. The molecule has 0 spiro atoms. The Labute approximate surface area is 260 Å². The van der Waals surface area contributed by atoms with Gasteiger partial charge in [0.15, 0.2) is 0 Å². The van der Waals surface area contributed by atoms with Crippen LogP contribution >= 0.6 is 0 Å². The molecule has 13 heteroatoms. The molecule has 2 heterocycles. The van der Waals surface area contributed by atoms with E-state index in [4.69, 9.17) is 5.73 Å². The van der Waals surface area contributed by atoms with Crippen molar-refractivity contribution < 1.29 is 29.4 Å². The number of para-hydroxylation sites is 1. The molecule has 4 rings (SSSR count). The molecular formula is C32H39N7O6. The number of carbonyl (C=O) groups excluding carboxylic acids is 3. The average molecular weight is 618 g/mol. The first-order valence-electron chi connectivity index (χ1n) is 14.7. The van der Waals surface area contributed by atoms with Crippen molar-refractivity contribution in [2.75, 3.05) is 0 Å². The summed E-state index contributed by atoms with van der Waals surface area (Å²) in [6, 6.07) is 9.09. The van der Waals surface area contributed by atoms with Gasteiger partial charge in [-0.3, -0.25) is 14.4 Å². The highest BCUT2D eigenvalue weighted by Crippen LogP contribution is 2.19. The van der Waals surface area contributed by atoms with Gasteiger partial charge in [-0.2, -0.15) is 0 Å². The molecule has 9 N–H and O–H groups in total. The number of amides is 3. The van der Waals surface area contributed by atoms with E-state index in [-0.39, 0.29) is 30.9 Å². The van der Waals surface area contributed by atoms with Crippen molar-refractivity contribution in [2.45, 2.75) is 63.7 Å². The van der Waals surface area contributed by atoms with Crippen LogP contribution in [-0.4, -0.2) is 73.0 Å². The van der Waals surface area contributed by atoms with Crippen molar-refractivity contribution in [3.05, 3.63) is 84.1 Å². The molecule has 0 saturated heterocycles. The monoisotopic (exact) mass is 617 g/mol. The van der Waals surface area contributed by atoms with Gasteiger partial charge in [0.1, 0.15) is 23.9 Å². The fourth-order valence-electron chi connectivity index (χ4n) is 4.95. The van der Waals surface area contributed by atoms with E-state index in [1.807, 2.05) is 38.1 Å². The van der Waals surface area contributed by atoms with E-state index in [1.165, 1.54) is 24.7 Å². The zero-order chi connectivity index (χ0) is 32.5. The van der Waals surface area contributed by atoms with Gasteiger partial charge in [-0.05, 0) is 35.2 Å². The van der Waals surface area contributed by atoms with Crippen molar-refractivity contribution in [1.29, 1.82) is 0 Å². The smallest absolute Gasteiger partial charge is 0.326 e. The maximum Gasteiger partial charge on any atom is 0.326 e. The van der Waals surface area contributed by atoms with E-state index in [0.29, 0.717) is 23.2 Å². The molecule has 0 saturated carbocycles. The number of carboxylic acid groups (broad SMARTS) is 1. The lowest BCUT2D eigenvalue weighted by Gasteiger charge is -2.26. The molecule has 45 heavy (non-hydrogen) atoms. The molecule has 2 aromatic carbocycles. The molecule has 0 bridgehead atoms. The number of rotatable bonds is 15. The quantitative estimate of drug-likeness (QED) is 0.0977. The number of nitrogens with two attached hydrogens (primary N) is 1. The summed E-state index contributed by atoms with van der Waals surface area (Å²) in [5.41, 5.74) is 8.85. The molecule has 13 nitrogen and oxygen atoms in total. The van der Waals surface area contributed by atoms with Gasteiger partial charge in [0.2, 0.25) is 17.7 Å². The second-order valence-electron chi connectivity index (χ2n) is 11.1. The maximum atomic E-state index is 13.7. The summed E-state index contributed by atoms with van der Waals surface area (Å²) in [6.07, 6.45) is 5.30. The van der Waals surface area contributed by atoms with Gasteiger partial charge in [0, 0.05) is 48.3 Å². The summed E-state index contributed by atoms with van der Waals surface area (Å²) in [5, 5.41) is 28.5. The number of aromatic hydroxyl groups is 1. The van der Waals surface area contributed by atoms with E-state index < -0.39 is 47.9 Å². The summed E-state index contributed by atoms with van der Waals surface area (Å²) in [7, 11) is 0. The van der Waals surface area contributed by atoms with Gasteiger partial charge in [0.25, 0.3) is 0 Å². The van der Waals surface area contributed by atoms with Crippen LogP contribution in [0, 0.1) is 5.92 Å². The Morgan fingerprint density at radius 2 is 1.51 bits per heavy atom. The third-order valence-corrected chi connectivity index (χ3v) is 7.89. The molecule has 0 radical (unpaired) electrons. The van der Waals surface area contributed by atoms with Crippen LogP contribution in [0.25, 0.3) is 10.9 Å². The van der Waals surface area contributed by atoms with Crippen LogP contribution in [0.4, 0.5) is 0 Å². The lowest BCUT2D eigenvalue weighted by molar-refractivity contribution is -0.142. The third-order valence-electron chi connectivity index (χ3n) is 7.89. The summed E-state index contributed by atoms with van der Waals surface area (Å²) in [4.78, 5) is 62.6. The lowest BCUT2D eigenvalue weighted by atomic mass is 9.98. The highest BCUT2D eigenvalue weighted by atomic mass is 16.4. The first kappa shape index (κ1) is 32.7. The zero-order valence-corrected chi connectivity index (χ0v) is 25.1. The van der Waals surface area contributed by atoms with Crippen LogP contribution < -0.4 is 21.7 Å². The minimum Gasteiger partial charge on any atom is -0.508 e. The van der Waals surface area contributed by atoms with Gasteiger partial charge < -0.3 is 41.9 Å². The fourth-order valence-corrected chi connectivity index (χ4v) is 4.95. The number of phenolic OH excluding ortho intramolecular Hbond substituents is 1. The van der Waals surface area contributed by atoms with Crippen LogP contribution in [-0.2, 0) is 38.4 Å². The molecule has 4 aromatic rings. The number of imidazole rings is 1. The lowest BCUT2D eigenvalue weighted by Crippen LogP contribution is -2.58. The predicted molar refractivity (Wildman–Crippen MR) is 167 cm³/mol. The van der Waals surface area contributed by atoms with Gasteiger partial charge >= 0.3 is 5.97 Å². The average Bonchev–Trinajstić information content (AvgIpc) is 3.70. The van der Waals surface area contributed by atoms with Gasteiger partial charge in [0.05, 0.1) is 12.4 Å². The number of hydrogen-bond donors (Lipinski definition) is 8. The Bertz CT molecular complexity index is 1600. The SMILES string of the molecule is CCC(C)C(N)C(=O)NC(Cc1ccc(O)cc1)C(=O)NC(Cc1cnc[nH]1)C(=O)NC(Cc1c[nH]c2ccccc12)C(=O)O. The van der Waals surface area contributed by atoms with Crippen molar-refractivity contribution in [2.24, 2.45) is 11.7 Å². The van der Waals surface area contributed by atoms with Crippen LogP contribution in [0.2, 0.25) is 0 Å². The predicted octanol–water partition coefficient (Wildman–Crippen LogP) is 1.54. The summed E-state index contributed by atoms with van der Waals surface area (Å²) < 4.78 is 0. The van der Waals surface area contributed by atoms with Crippen molar-refractivity contribution in [1.82, 2.24) is 30.9 Å². The number of aromatic nitrogens is 3. The number of fused-ring (bicyclic) bond motifs is 1. The van der Waals surface area contributed by atoms with Crippen LogP contribution in [0.5, 0.6) is 5.75 Å².